The summed E-state index contributed by atoms with van der Waals surface area (Å²) in [6.45, 7) is 5.69. The number of β-amino-alcohol motifs (C(OH)–C–C–N with tert-alkyl or cyclic N) is 1. The topological polar surface area (TPSA) is 135 Å². The van der Waals surface area contributed by atoms with Gasteiger partial charge in [-0.1, -0.05) is 54.6 Å². The first-order chi connectivity index (χ1) is 20.5. The van der Waals surface area contributed by atoms with Gasteiger partial charge in [0.1, 0.15) is 23.7 Å². The molecule has 2 saturated heterocycles. The maximum atomic E-state index is 14.3. The van der Waals surface area contributed by atoms with Crippen molar-refractivity contribution < 1.29 is 38.5 Å². The Morgan fingerprint density at radius 3 is 2.51 bits per heavy atom. The number of nitrogens with one attached hydrogen (secondary N) is 1. The molecule has 2 fully saturated rings. The van der Waals surface area contributed by atoms with Crippen molar-refractivity contribution in [1.82, 2.24) is 15.1 Å². The smallest absolute Gasteiger partial charge is 0.313 e. The van der Waals surface area contributed by atoms with Gasteiger partial charge in [-0.05, 0) is 32.8 Å². The van der Waals surface area contributed by atoms with E-state index in [0.717, 1.165) is 0 Å². The molecule has 43 heavy (non-hydrogen) atoms. The van der Waals surface area contributed by atoms with Gasteiger partial charge >= 0.3 is 5.97 Å². The number of hydrogen-bond acceptors (Lipinski definition) is 8. The number of allylic oxidation sites excluding steroid dienone is 1. The molecule has 1 aromatic rings. The second-order valence-electron chi connectivity index (χ2n) is 12.5. The van der Waals surface area contributed by atoms with Crippen molar-refractivity contribution in [3.8, 4) is 0 Å². The zero-order valence-electron chi connectivity index (χ0n) is 25.1. The highest BCUT2D eigenvalue weighted by Crippen LogP contribution is 2.53. The van der Waals surface area contributed by atoms with Crippen LogP contribution in [0.1, 0.15) is 45.3 Å². The molecular formula is C32H41N3O8. The van der Waals surface area contributed by atoms with Gasteiger partial charge in [-0.15, -0.1) is 0 Å². The number of ether oxygens (including phenoxy) is 3. The minimum absolute atomic E-state index is 0.0809. The van der Waals surface area contributed by atoms with Crippen LogP contribution in [-0.2, 0) is 33.4 Å². The van der Waals surface area contributed by atoms with E-state index in [9.17, 15) is 24.3 Å². The number of hydrogen-bond donors (Lipinski definition) is 2. The van der Waals surface area contributed by atoms with E-state index in [0.29, 0.717) is 18.5 Å². The average Bonchev–Trinajstić information content (AvgIpc) is 3.33. The summed E-state index contributed by atoms with van der Waals surface area (Å²) in [6, 6.07) is 7.29. The van der Waals surface area contributed by atoms with E-state index in [4.69, 9.17) is 14.2 Å². The first kappa shape index (κ1) is 30.9. The molecule has 4 aliphatic rings. The van der Waals surface area contributed by atoms with E-state index in [1.54, 1.807) is 35.3 Å². The van der Waals surface area contributed by atoms with E-state index in [-0.39, 0.29) is 38.0 Å². The fourth-order valence-corrected chi connectivity index (χ4v) is 6.84. The van der Waals surface area contributed by atoms with Crippen molar-refractivity contribution >= 4 is 23.7 Å². The lowest BCUT2D eigenvalue weighted by atomic mass is 9.77. The molecule has 0 unspecified atom stereocenters. The van der Waals surface area contributed by atoms with Crippen LogP contribution in [0.25, 0.3) is 0 Å². The number of amides is 3. The second kappa shape index (κ2) is 12.2. The van der Waals surface area contributed by atoms with Gasteiger partial charge in [0.25, 0.3) is 0 Å². The Labute approximate surface area is 251 Å². The van der Waals surface area contributed by atoms with Crippen molar-refractivity contribution in [1.29, 1.82) is 0 Å². The summed E-state index contributed by atoms with van der Waals surface area (Å²) in [4.78, 5) is 58.6. The second-order valence-corrected chi connectivity index (χ2v) is 12.5. The molecule has 7 atom stereocenters. The Morgan fingerprint density at radius 1 is 1.09 bits per heavy atom. The molecule has 5 rings (SSSR count). The Balaban J connectivity index is 1.61. The SMILES string of the molecule is COC[C@H]1NC(=O)CC/C=C\[C@H]2O[C@]34C=CCN(C(C)(C)C)C(=O)[C@H]3N(CCO)C(=O)[C@@H]4[C@H]2C(=O)O[C@@H]1c1ccccc1. The van der Waals surface area contributed by atoms with Gasteiger partial charge in [-0.2, -0.15) is 0 Å². The van der Waals surface area contributed by atoms with Crippen LogP contribution < -0.4 is 5.32 Å². The number of benzene rings is 1. The van der Waals surface area contributed by atoms with Crippen LogP contribution in [0.3, 0.4) is 0 Å². The number of carbonyl (C=O) groups is 4. The first-order valence-electron chi connectivity index (χ1n) is 14.8. The van der Waals surface area contributed by atoms with Gasteiger partial charge in [-0.25, -0.2) is 0 Å². The molecular weight excluding hydrogens is 554 g/mol. The van der Waals surface area contributed by atoms with Gasteiger partial charge in [-0.3, -0.25) is 19.2 Å². The van der Waals surface area contributed by atoms with E-state index >= 15 is 0 Å². The van der Waals surface area contributed by atoms with E-state index in [1.807, 2.05) is 45.0 Å². The molecule has 1 spiro atoms. The third-order valence-corrected chi connectivity index (χ3v) is 8.71. The monoisotopic (exact) mass is 595 g/mol. The van der Waals surface area contributed by atoms with Crippen LogP contribution in [0, 0.1) is 11.8 Å². The summed E-state index contributed by atoms with van der Waals surface area (Å²) in [5, 5.41) is 12.9. The fourth-order valence-electron chi connectivity index (χ4n) is 6.84. The van der Waals surface area contributed by atoms with Crippen molar-refractivity contribution in [3.63, 3.8) is 0 Å². The molecule has 0 aliphatic carbocycles. The van der Waals surface area contributed by atoms with Crippen LogP contribution in [0.2, 0.25) is 0 Å². The normalized spacial score (nSPS) is 33.9. The summed E-state index contributed by atoms with van der Waals surface area (Å²) < 4.78 is 18.3. The molecule has 1 aromatic carbocycles. The molecule has 0 bridgehead atoms. The van der Waals surface area contributed by atoms with Crippen LogP contribution in [0.4, 0.5) is 0 Å². The quantitative estimate of drug-likeness (QED) is 0.387. The highest BCUT2D eigenvalue weighted by atomic mass is 16.6. The van der Waals surface area contributed by atoms with E-state index in [2.05, 4.69) is 5.32 Å². The number of aliphatic hydroxyl groups excluding tert-OH is 1. The number of esters is 1. The molecule has 2 N–H and O–H groups in total. The Hall–Kier alpha value is -3.54. The van der Waals surface area contributed by atoms with Gasteiger partial charge in [0.05, 0.1) is 31.3 Å². The van der Waals surface area contributed by atoms with E-state index < -0.39 is 59.1 Å². The van der Waals surface area contributed by atoms with Gasteiger partial charge in [0, 0.05) is 32.2 Å². The minimum Gasteiger partial charge on any atom is -0.455 e. The lowest BCUT2D eigenvalue weighted by Crippen LogP contribution is -2.58. The van der Waals surface area contributed by atoms with Crippen LogP contribution >= 0.6 is 0 Å². The lowest BCUT2D eigenvalue weighted by Gasteiger charge is -2.40. The zero-order chi connectivity index (χ0) is 30.9. The summed E-state index contributed by atoms with van der Waals surface area (Å²) in [5.74, 6) is -3.82. The van der Waals surface area contributed by atoms with Crippen molar-refractivity contribution in [2.24, 2.45) is 11.8 Å². The highest BCUT2D eigenvalue weighted by molar-refractivity contribution is 5.99. The number of fused-ring (bicyclic) bond motifs is 2. The molecule has 3 amide bonds. The van der Waals surface area contributed by atoms with Crippen molar-refractivity contribution in [2.45, 2.75) is 69.0 Å². The zero-order valence-corrected chi connectivity index (χ0v) is 25.1. The predicted octanol–water partition coefficient (Wildman–Crippen LogP) is 1.52. The van der Waals surface area contributed by atoms with Crippen LogP contribution in [0.15, 0.2) is 54.6 Å². The number of methoxy groups -OCH3 is 1. The Morgan fingerprint density at radius 2 is 1.84 bits per heavy atom. The van der Waals surface area contributed by atoms with Crippen molar-refractivity contribution in [3.05, 3.63) is 60.2 Å². The van der Waals surface area contributed by atoms with E-state index in [1.165, 1.54) is 12.0 Å². The lowest BCUT2D eigenvalue weighted by molar-refractivity contribution is -0.162. The number of cyclic esters (lactones) is 1. The number of aliphatic hydroxyl groups is 1. The highest BCUT2D eigenvalue weighted by Gasteiger charge is 2.72. The third-order valence-electron chi connectivity index (χ3n) is 8.71. The standard InChI is InChI=1S/C32H41N3O8/c1-31(2,3)35-16-10-15-32-25(28(38)34(17-18-36)27(32)29(35)39)24-22(43-32)13-8-9-14-23(37)33-21(19-41-4)26(42-30(24)40)20-11-6-5-7-12-20/h5-8,10-13,15,21-22,24-27,36H,9,14,16-19H2,1-4H3,(H,33,37)/b13-8-/t21-,22-,24+,25+,26-,27-,32+/m1/s1. The molecule has 11 heteroatoms. The number of carbonyl (C=O) groups excluding carboxylic acids is 4. The maximum Gasteiger partial charge on any atom is 0.313 e. The van der Waals surface area contributed by atoms with Gasteiger partial charge < -0.3 is 34.4 Å². The summed E-state index contributed by atoms with van der Waals surface area (Å²) in [6.07, 6.45) is 5.78. The average molecular weight is 596 g/mol. The van der Waals surface area contributed by atoms with Crippen LogP contribution in [0.5, 0.6) is 0 Å². The summed E-state index contributed by atoms with van der Waals surface area (Å²) in [7, 11) is 1.50. The molecule has 4 heterocycles. The third kappa shape index (κ3) is 5.61. The molecule has 0 radical (unpaired) electrons. The van der Waals surface area contributed by atoms with Gasteiger partial charge in [0.2, 0.25) is 17.7 Å². The number of likely N-dealkylation sites (tertiary alicyclic amines) is 1. The van der Waals surface area contributed by atoms with Gasteiger partial charge in [0.15, 0.2) is 0 Å². The minimum atomic E-state index is -1.45. The summed E-state index contributed by atoms with van der Waals surface area (Å²) in [5.41, 5.74) is -1.35. The molecule has 0 aromatic heterocycles. The Kier molecular flexibility index (Phi) is 8.78. The predicted molar refractivity (Wildman–Crippen MR) is 155 cm³/mol. The molecule has 11 nitrogen and oxygen atoms in total. The summed E-state index contributed by atoms with van der Waals surface area (Å²) >= 11 is 0. The molecule has 0 saturated carbocycles. The maximum absolute atomic E-state index is 14.3. The van der Waals surface area contributed by atoms with Crippen molar-refractivity contribution in [2.75, 3.05) is 33.4 Å². The fraction of sp³-hybridized carbons (Fsp3) is 0.562. The molecule has 4 aliphatic heterocycles. The number of rotatable bonds is 5. The molecule has 232 valence electrons. The largest absolute Gasteiger partial charge is 0.455 e. The number of nitrogens with zero attached hydrogens (tertiary/aromatic N) is 2. The Bertz CT molecular complexity index is 1290. The van der Waals surface area contributed by atoms with Crippen LogP contribution in [-0.4, -0.2) is 101 Å². The first-order valence-corrected chi connectivity index (χ1v) is 14.8.